The van der Waals surface area contributed by atoms with Crippen molar-refractivity contribution in [1.29, 1.82) is 0 Å². The number of hydrogen-bond donors (Lipinski definition) is 1. The van der Waals surface area contributed by atoms with Crippen LogP contribution in [0.5, 0.6) is 0 Å². The Hall–Kier alpha value is -1.71. The summed E-state index contributed by atoms with van der Waals surface area (Å²) in [6.45, 7) is 6.07. The van der Waals surface area contributed by atoms with Crippen LogP contribution in [0.1, 0.15) is 44.2 Å². The molecule has 0 saturated heterocycles. The predicted octanol–water partition coefficient (Wildman–Crippen LogP) is 6.23. The summed E-state index contributed by atoms with van der Waals surface area (Å²) >= 11 is 12.1. The third kappa shape index (κ3) is 7.27. The highest BCUT2D eigenvalue weighted by atomic mass is 35.5. The largest absolute Gasteiger partial charge is 0.444 e. The molecule has 0 aromatic heterocycles. The summed E-state index contributed by atoms with van der Waals surface area (Å²) in [6, 6.07) is 15.7. The van der Waals surface area contributed by atoms with Crippen LogP contribution in [0.25, 0.3) is 0 Å². The third-order valence-electron chi connectivity index (χ3n) is 3.88. The Morgan fingerprint density at radius 2 is 1.77 bits per heavy atom. The first kappa shape index (κ1) is 20.6. The van der Waals surface area contributed by atoms with E-state index in [0.717, 1.165) is 23.4 Å². The zero-order valence-corrected chi connectivity index (χ0v) is 16.9. The van der Waals surface area contributed by atoms with E-state index in [2.05, 4.69) is 11.4 Å². The maximum absolute atomic E-state index is 11.9. The molecule has 0 bridgehead atoms. The number of carbonyl (C=O) groups excluding carboxylic acids is 1. The van der Waals surface area contributed by atoms with Gasteiger partial charge < -0.3 is 10.1 Å². The molecule has 2 aromatic rings. The Kier molecular flexibility index (Phi) is 7.36. The van der Waals surface area contributed by atoms with Crippen molar-refractivity contribution in [1.82, 2.24) is 5.32 Å². The number of ether oxygens (including phenoxy) is 1. The lowest BCUT2D eigenvalue weighted by Gasteiger charge is -2.21. The SMILES string of the molecule is CC(C)(C)OC(=O)NCCC(Cc1ccc(Cl)cc1)c1cccc(Cl)c1. The van der Waals surface area contributed by atoms with Gasteiger partial charge in [0.15, 0.2) is 0 Å². The maximum atomic E-state index is 11.9. The number of rotatable bonds is 6. The summed E-state index contributed by atoms with van der Waals surface area (Å²) in [5.41, 5.74) is 1.84. The van der Waals surface area contributed by atoms with E-state index in [9.17, 15) is 4.79 Å². The van der Waals surface area contributed by atoms with Gasteiger partial charge in [-0.25, -0.2) is 4.79 Å². The molecular weight excluding hydrogens is 369 g/mol. The van der Waals surface area contributed by atoms with Crippen LogP contribution in [0, 0.1) is 0 Å². The Bertz CT molecular complexity index is 724. The van der Waals surface area contributed by atoms with Crippen molar-refractivity contribution in [3.05, 3.63) is 69.7 Å². The number of alkyl carbamates (subject to hydrolysis) is 1. The molecule has 2 rings (SSSR count). The van der Waals surface area contributed by atoms with Gasteiger partial charge in [-0.1, -0.05) is 47.5 Å². The molecule has 0 radical (unpaired) electrons. The minimum atomic E-state index is -0.500. The van der Waals surface area contributed by atoms with E-state index in [1.54, 1.807) is 0 Å². The minimum Gasteiger partial charge on any atom is -0.444 e. The highest BCUT2D eigenvalue weighted by Gasteiger charge is 2.17. The van der Waals surface area contributed by atoms with Crippen molar-refractivity contribution in [3.63, 3.8) is 0 Å². The first-order chi connectivity index (χ1) is 12.2. The van der Waals surface area contributed by atoms with Gasteiger partial charge in [0.25, 0.3) is 0 Å². The Morgan fingerprint density at radius 1 is 1.08 bits per heavy atom. The maximum Gasteiger partial charge on any atom is 0.407 e. The van der Waals surface area contributed by atoms with Gasteiger partial charge in [0.1, 0.15) is 5.60 Å². The van der Waals surface area contributed by atoms with Crippen LogP contribution in [-0.2, 0) is 11.2 Å². The molecule has 1 amide bonds. The fraction of sp³-hybridized carbons (Fsp3) is 0.381. The van der Waals surface area contributed by atoms with E-state index in [1.807, 2.05) is 63.2 Å². The highest BCUT2D eigenvalue weighted by Crippen LogP contribution is 2.27. The molecule has 26 heavy (non-hydrogen) atoms. The van der Waals surface area contributed by atoms with E-state index < -0.39 is 11.7 Å². The van der Waals surface area contributed by atoms with Gasteiger partial charge in [-0.05, 0) is 74.9 Å². The molecule has 1 atom stereocenters. The predicted molar refractivity (Wildman–Crippen MR) is 108 cm³/mol. The molecule has 0 spiro atoms. The summed E-state index contributed by atoms with van der Waals surface area (Å²) in [6.07, 6.45) is 1.23. The van der Waals surface area contributed by atoms with Gasteiger partial charge >= 0.3 is 6.09 Å². The van der Waals surface area contributed by atoms with Crippen molar-refractivity contribution in [2.45, 2.75) is 45.1 Å². The lowest BCUT2D eigenvalue weighted by Crippen LogP contribution is -2.33. The van der Waals surface area contributed by atoms with E-state index in [1.165, 1.54) is 5.56 Å². The number of hydrogen-bond acceptors (Lipinski definition) is 2. The quantitative estimate of drug-likeness (QED) is 0.630. The highest BCUT2D eigenvalue weighted by molar-refractivity contribution is 6.30. The second-order valence-corrected chi connectivity index (χ2v) is 8.17. The summed E-state index contributed by atoms with van der Waals surface area (Å²) in [5.74, 6) is 0.227. The second-order valence-electron chi connectivity index (χ2n) is 7.30. The van der Waals surface area contributed by atoms with Crippen LogP contribution < -0.4 is 5.32 Å². The number of nitrogens with one attached hydrogen (secondary N) is 1. The average molecular weight is 394 g/mol. The molecule has 0 aliphatic heterocycles. The van der Waals surface area contributed by atoms with Crippen LogP contribution in [0.4, 0.5) is 4.79 Å². The number of benzene rings is 2. The molecule has 140 valence electrons. The summed E-state index contributed by atoms with van der Waals surface area (Å²) < 4.78 is 5.29. The Morgan fingerprint density at radius 3 is 2.38 bits per heavy atom. The van der Waals surface area contributed by atoms with Gasteiger partial charge in [0.05, 0.1) is 0 Å². The summed E-state index contributed by atoms with van der Waals surface area (Å²) in [5, 5.41) is 4.27. The molecular formula is C21H25Cl2NO2. The molecule has 0 saturated carbocycles. The molecule has 1 N–H and O–H groups in total. The van der Waals surface area contributed by atoms with Crippen molar-refractivity contribution < 1.29 is 9.53 Å². The fourth-order valence-electron chi connectivity index (χ4n) is 2.71. The van der Waals surface area contributed by atoms with Gasteiger partial charge in [-0.2, -0.15) is 0 Å². The van der Waals surface area contributed by atoms with Crippen molar-refractivity contribution in [2.75, 3.05) is 6.54 Å². The lowest BCUT2D eigenvalue weighted by atomic mass is 9.89. The smallest absolute Gasteiger partial charge is 0.407 e. The molecule has 1 unspecified atom stereocenters. The second kappa shape index (κ2) is 9.29. The van der Waals surface area contributed by atoms with Crippen molar-refractivity contribution in [3.8, 4) is 0 Å². The topological polar surface area (TPSA) is 38.3 Å². The third-order valence-corrected chi connectivity index (χ3v) is 4.36. The first-order valence-corrected chi connectivity index (χ1v) is 9.45. The molecule has 0 heterocycles. The van der Waals surface area contributed by atoms with Crippen molar-refractivity contribution >= 4 is 29.3 Å². The first-order valence-electron chi connectivity index (χ1n) is 8.70. The average Bonchev–Trinajstić information content (AvgIpc) is 2.54. The van der Waals surface area contributed by atoms with Crippen LogP contribution in [0.15, 0.2) is 48.5 Å². The Balaban J connectivity index is 2.03. The van der Waals surface area contributed by atoms with Crippen LogP contribution >= 0.6 is 23.2 Å². The number of amides is 1. The van der Waals surface area contributed by atoms with Crippen LogP contribution in [0.2, 0.25) is 10.0 Å². The zero-order valence-electron chi connectivity index (χ0n) is 15.4. The molecule has 0 fully saturated rings. The molecule has 3 nitrogen and oxygen atoms in total. The Labute approximate surface area is 165 Å². The van der Waals surface area contributed by atoms with E-state index >= 15 is 0 Å². The molecule has 2 aromatic carbocycles. The van der Waals surface area contributed by atoms with Crippen LogP contribution in [-0.4, -0.2) is 18.2 Å². The summed E-state index contributed by atoms with van der Waals surface area (Å²) in [4.78, 5) is 11.9. The van der Waals surface area contributed by atoms with Crippen LogP contribution in [0.3, 0.4) is 0 Å². The minimum absolute atomic E-state index is 0.227. The van der Waals surface area contributed by atoms with E-state index in [4.69, 9.17) is 27.9 Å². The molecule has 0 aliphatic rings. The van der Waals surface area contributed by atoms with E-state index in [0.29, 0.717) is 11.6 Å². The summed E-state index contributed by atoms with van der Waals surface area (Å²) in [7, 11) is 0. The lowest BCUT2D eigenvalue weighted by molar-refractivity contribution is 0.0526. The van der Waals surface area contributed by atoms with Gasteiger partial charge in [0, 0.05) is 16.6 Å². The normalized spacial score (nSPS) is 12.5. The van der Waals surface area contributed by atoms with E-state index in [-0.39, 0.29) is 5.92 Å². The molecule has 0 aliphatic carbocycles. The van der Waals surface area contributed by atoms with Gasteiger partial charge in [-0.3, -0.25) is 0 Å². The number of carbonyl (C=O) groups is 1. The molecule has 5 heteroatoms. The zero-order chi connectivity index (χ0) is 19.2. The van der Waals surface area contributed by atoms with Gasteiger partial charge in [-0.15, -0.1) is 0 Å². The van der Waals surface area contributed by atoms with Crippen molar-refractivity contribution in [2.24, 2.45) is 0 Å². The fourth-order valence-corrected chi connectivity index (χ4v) is 3.04. The van der Waals surface area contributed by atoms with Gasteiger partial charge in [0.2, 0.25) is 0 Å². The number of halogens is 2. The standard InChI is InChI=1S/C21H25Cl2NO2/c1-21(2,3)26-20(25)24-12-11-17(16-5-4-6-19(23)14-16)13-15-7-9-18(22)10-8-15/h4-10,14,17H,11-13H2,1-3H3,(H,24,25). The monoisotopic (exact) mass is 393 g/mol.